The number of carbonyl (C=O) groups excluding carboxylic acids is 3. The molecule has 1 aromatic carbocycles. The van der Waals surface area contributed by atoms with Gasteiger partial charge in [-0.3, -0.25) is 19.4 Å². The van der Waals surface area contributed by atoms with Crippen molar-refractivity contribution in [3.8, 4) is 0 Å². The molecule has 8 heteroatoms. The van der Waals surface area contributed by atoms with Crippen molar-refractivity contribution in [1.82, 2.24) is 14.5 Å². The molecule has 1 aromatic rings. The van der Waals surface area contributed by atoms with E-state index in [-0.39, 0.29) is 24.3 Å². The minimum atomic E-state index is -0.594. The lowest BCUT2D eigenvalue weighted by Crippen LogP contribution is -2.60. The molecule has 0 radical (unpaired) electrons. The quantitative estimate of drug-likeness (QED) is 0.732. The molecule has 4 amide bonds. The molecular formula is C19H24N4O3S. The normalized spacial score (nSPS) is 19.4. The molecule has 1 fully saturated rings. The number of rotatable bonds is 6. The average molecular weight is 388 g/mol. The number of fused-ring (bicyclic) bond motifs is 1. The Kier molecular flexibility index (Phi) is 5.86. The number of hydrogen-bond donors (Lipinski definition) is 2. The van der Waals surface area contributed by atoms with E-state index in [4.69, 9.17) is 0 Å². The molecule has 3 rings (SSSR count). The summed E-state index contributed by atoms with van der Waals surface area (Å²) < 4.78 is 3.00. The smallest absolute Gasteiger partial charge is 0.325 e. The Morgan fingerprint density at radius 1 is 1.22 bits per heavy atom. The molecule has 7 nitrogen and oxygen atoms in total. The van der Waals surface area contributed by atoms with Gasteiger partial charge in [0.05, 0.1) is 5.70 Å². The van der Waals surface area contributed by atoms with E-state index in [0.29, 0.717) is 17.9 Å². The monoisotopic (exact) mass is 388 g/mol. The molecule has 0 aromatic heterocycles. The van der Waals surface area contributed by atoms with Crippen LogP contribution in [0.3, 0.4) is 0 Å². The van der Waals surface area contributed by atoms with Crippen LogP contribution in [0.4, 0.5) is 10.5 Å². The zero-order valence-electron chi connectivity index (χ0n) is 15.7. The fourth-order valence-corrected chi connectivity index (χ4v) is 3.86. The van der Waals surface area contributed by atoms with Gasteiger partial charge in [0.1, 0.15) is 12.6 Å². The maximum absolute atomic E-state index is 12.9. The minimum Gasteiger partial charge on any atom is -0.325 e. The van der Waals surface area contributed by atoms with Gasteiger partial charge in [-0.25, -0.2) is 9.52 Å². The first-order valence-corrected chi connectivity index (χ1v) is 9.91. The predicted molar refractivity (Wildman–Crippen MR) is 106 cm³/mol. The Labute approximate surface area is 163 Å². The third kappa shape index (κ3) is 4.17. The number of anilines is 1. The van der Waals surface area contributed by atoms with Crippen LogP contribution in [0.5, 0.6) is 0 Å². The molecule has 0 saturated carbocycles. The fourth-order valence-electron chi connectivity index (χ4n) is 3.05. The molecular weight excluding hydrogens is 364 g/mol. The van der Waals surface area contributed by atoms with Gasteiger partial charge in [-0.05, 0) is 30.0 Å². The first kappa shape index (κ1) is 19.4. The molecule has 0 aliphatic carbocycles. The summed E-state index contributed by atoms with van der Waals surface area (Å²) in [5.41, 5.74) is 2.40. The Balaban J connectivity index is 1.73. The van der Waals surface area contributed by atoms with Crippen LogP contribution in [0, 0.1) is 5.92 Å². The van der Waals surface area contributed by atoms with Crippen LogP contribution in [0.25, 0.3) is 0 Å². The zero-order valence-corrected chi connectivity index (χ0v) is 16.5. The van der Waals surface area contributed by atoms with E-state index in [1.165, 1.54) is 27.3 Å². The predicted octanol–water partition coefficient (Wildman–Crippen LogP) is 2.57. The van der Waals surface area contributed by atoms with Gasteiger partial charge < -0.3 is 5.32 Å². The van der Waals surface area contributed by atoms with Crippen LogP contribution in [0.1, 0.15) is 26.3 Å². The lowest BCUT2D eigenvalue weighted by molar-refractivity contribution is -0.132. The number of imide groups is 1. The third-order valence-electron chi connectivity index (χ3n) is 4.44. The number of amides is 4. The van der Waals surface area contributed by atoms with Crippen molar-refractivity contribution in [1.29, 1.82) is 0 Å². The standard InChI is InChI=1S/C19H24N4O3S/c1-4-13-5-7-14(8-6-13)20-16(24)10-22-15-11-27-21-17(15)18(25)23(19(22)26)9-12(2)3/h5-8,11-12,17,21H,4,9-10H2,1-3H3,(H,20,24). The van der Waals surface area contributed by atoms with E-state index in [1.54, 1.807) is 5.41 Å². The lowest BCUT2D eigenvalue weighted by Gasteiger charge is -2.38. The van der Waals surface area contributed by atoms with Crippen molar-refractivity contribution in [2.75, 3.05) is 18.4 Å². The molecule has 0 bridgehead atoms. The van der Waals surface area contributed by atoms with E-state index in [9.17, 15) is 14.4 Å². The summed E-state index contributed by atoms with van der Waals surface area (Å²) in [6, 6.07) is 6.57. The topological polar surface area (TPSA) is 81.8 Å². The van der Waals surface area contributed by atoms with Crippen LogP contribution >= 0.6 is 11.9 Å². The maximum Gasteiger partial charge on any atom is 0.331 e. The molecule has 2 N–H and O–H groups in total. The fraction of sp³-hybridized carbons (Fsp3) is 0.421. The second-order valence-corrected chi connectivity index (χ2v) is 7.73. The molecule has 1 unspecified atom stereocenters. The van der Waals surface area contributed by atoms with Gasteiger partial charge in [0, 0.05) is 17.6 Å². The van der Waals surface area contributed by atoms with E-state index >= 15 is 0 Å². The number of urea groups is 1. The highest BCUT2D eigenvalue weighted by Crippen LogP contribution is 2.29. The van der Waals surface area contributed by atoms with Gasteiger partial charge in [-0.15, -0.1) is 0 Å². The van der Waals surface area contributed by atoms with Gasteiger partial charge in [-0.2, -0.15) is 0 Å². The minimum absolute atomic E-state index is 0.138. The first-order chi connectivity index (χ1) is 12.9. The van der Waals surface area contributed by atoms with Gasteiger partial charge in [-0.1, -0.05) is 44.9 Å². The van der Waals surface area contributed by atoms with Crippen molar-refractivity contribution in [2.45, 2.75) is 33.2 Å². The second kappa shape index (κ2) is 8.14. The summed E-state index contributed by atoms with van der Waals surface area (Å²) in [4.78, 5) is 40.6. The summed E-state index contributed by atoms with van der Waals surface area (Å²) in [5, 5.41) is 4.54. The number of nitrogens with zero attached hydrogens (tertiary/aromatic N) is 2. The maximum atomic E-state index is 12.9. The van der Waals surface area contributed by atoms with E-state index in [0.717, 1.165) is 6.42 Å². The first-order valence-electron chi connectivity index (χ1n) is 9.03. The molecule has 27 heavy (non-hydrogen) atoms. The Bertz CT molecular complexity index is 776. The Hall–Kier alpha value is -2.32. The van der Waals surface area contributed by atoms with Crippen LogP contribution in [-0.4, -0.2) is 46.8 Å². The number of aryl methyl sites for hydroxylation is 1. The van der Waals surface area contributed by atoms with Crippen molar-refractivity contribution in [3.05, 3.63) is 40.9 Å². The summed E-state index contributed by atoms with van der Waals surface area (Å²) in [6.45, 7) is 6.14. The zero-order chi connectivity index (χ0) is 19.6. The van der Waals surface area contributed by atoms with Gasteiger partial charge in [0.15, 0.2) is 0 Å². The Morgan fingerprint density at radius 2 is 1.93 bits per heavy atom. The van der Waals surface area contributed by atoms with Crippen molar-refractivity contribution < 1.29 is 14.4 Å². The highest BCUT2D eigenvalue weighted by atomic mass is 32.2. The number of benzene rings is 1. The third-order valence-corrected chi connectivity index (χ3v) is 5.17. The highest BCUT2D eigenvalue weighted by Gasteiger charge is 2.45. The summed E-state index contributed by atoms with van der Waals surface area (Å²) in [6.07, 6.45) is 0.927. The summed E-state index contributed by atoms with van der Waals surface area (Å²) >= 11 is 1.26. The van der Waals surface area contributed by atoms with Crippen molar-refractivity contribution in [3.63, 3.8) is 0 Å². The molecule has 2 heterocycles. The second-order valence-electron chi connectivity index (χ2n) is 7.02. The van der Waals surface area contributed by atoms with E-state index in [2.05, 4.69) is 17.0 Å². The number of hydrogen-bond acceptors (Lipinski definition) is 5. The SMILES string of the molecule is CCc1ccc(NC(=O)CN2C(=O)N(CC(C)C)C(=O)C3NSC=C32)cc1. The van der Waals surface area contributed by atoms with Crippen LogP contribution < -0.4 is 10.0 Å². The molecule has 1 saturated heterocycles. The van der Waals surface area contributed by atoms with Crippen molar-refractivity contribution in [2.24, 2.45) is 5.92 Å². The number of carbonyl (C=O) groups is 3. The summed E-state index contributed by atoms with van der Waals surface area (Å²) in [5.74, 6) is -0.426. The summed E-state index contributed by atoms with van der Waals surface area (Å²) in [7, 11) is 0. The molecule has 0 spiro atoms. The molecule has 2 aliphatic heterocycles. The van der Waals surface area contributed by atoms with Gasteiger partial charge >= 0.3 is 6.03 Å². The van der Waals surface area contributed by atoms with E-state index < -0.39 is 12.1 Å². The van der Waals surface area contributed by atoms with Crippen LogP contribution in [-0.2, 0) is 16.0 Å². The molecule has 144 valence electrons. The van der Waals surface area contributed by atoms with Crippen LogP contribution in [0.15, 0.2) is 35.4 Å². The van der Waals surface area contributed by atoms with Gasteiger partial charge in [0.25, 0.3) is 5.91 Å². The van der Waals surface area contributed by atoms with Crippen molar-refractivity contribution >= 4 is 35.5 Å². The van der Waals surface area contributed by atoms with Crippen LogP contribution in [0.2, 0.25) is 0 Å². The highest BCUT2D eigenvalue weighted by molar-refractivity contribution is 8.00. The number of nitrogens with one attached hydrogen (secondary N) is 2. The average Bonchev–Trinajstić information content (AvgIpc) is 3.12. The molecule has 2 aliphatic rings. The van der Waals surface area contributed by atoms with Gasteiger partial charge in [0.2, 0.25) is 5.91 Å². The van der Waals surface area contributed by atoms with E-state index in [1.807, 2.05) is 38.1 Å². The Morgan fingerprint density at radius 3 is 2.56 bits per heavy atom. The largest absolute Gasteiger partial charge is 0.331 e. The molecule has 1 atom stereocenters. The lowest BCUT2D eigenvalue weighted by atomic mass is 10.1.